The molecule has 0 spiro atoms. The van der Waals surface area contributed by atoms with Crippen molar-refractivity contribution >= 4 is 6.03 Å². The maximum atomic E-state index is 13.1. The third-order valence-corrected chi connectivity index (χ3v) is 12.8. The molecule has 0 radical (unpaired) electrons. The maximum absolute atomic E-state index is 13.1. The lowest BCUT2D eigenvalue weighted by molar-refractivity contribution is -0.203. The topological polar surface area (TPSA) is 94.8 Å². The Balaban J connectivity index is 1.12. The molecule has 1 aromatic rings. The minimum Gasteiger partial charge on any atom is -0.431 e. The van der Waals surface area contributed by atoms with Gasteiger partial charge >= 0.3 is 11.7 Å². The number of carbonyl (C=O) groups excluding carboxylic acids is 1. The monoisotopic (exact) mass is 539 g/mol. The van der Waals surface area contributed by atoms with Gasteiger partial charge in [0.25, 0.3) is 0 Å². The Kier molecular flexibility index (Phi) is 7.15. The summed E-state index contributed by atoms with van der Waals surface area (Å²) >= 11 is 0. The second-order valence-electron chi connectivity index (χ2n) is 14.3. The highest BCUT2D eigenvalue weighted by molar-refractivity contribution is 5.74. The lowest BCUT2D eigenvalue weighted by Crippen LogP contribution is -2.62. The molecule has 5 aliphatic rings. The van der Waals surface area contributed by atoms with E-state index in [1.165, 1.54) is 6.07 Å². The van der Waals surface area contributed by atoms with Gasteiger partial charge in [0.2, 0.25) is 0 Å². The number of carbonyl (C=O) groups is 1. The van der Waals surface area contributed by atoms with Crippen LogP contribution in [0.4, 0.5) is 4.79 Å². The molecule has 216 valence electrons. The summed E-state index contributed by atoms with van der Waals surface area (Å²) in [6.07, 6.45) is 13.3. The summed E-state index contributed by atoms with van der Waals surface area (Å²) in [5.41, 5.74) is 0.107. The summed E-state index contributed by atoms with van der Waals surface area (Å²) in [6, 6.07) is 3.83. The molecule has 8 atom stereocenters. The smallest absolute Gasteiger partial charge is 0.335 e. The molecular weight excluding hydrogens is 490 g/mol. The zero-order valence-electron chi connectivity index (χ0n) is 24.2. The summed E-state index contributed by atoms with van der Waals surface area (Å²) in [5.74, 6) is 2.27. The van der Waals surface area contributed by atoms with E-state index in [0.29, 0.717) is 29.7 Å². The molecule has 1 saturated heterocycles. The van der Waals surface area contributed by atoms with Crippen molar-refractivity contribution in [1.29, 1.82) is 0 Å². The predicted molar refractivity (Wildman–Crippen MR) is 151 cm³/mol. The van der Waals surface area contributed by atoms with Crippen molar-refractivity contribution in [1.82, 2.24) is 15.5 Å². The van der Waals surface area contributed by atoms with E-state index in [1.54, 1.807) is 6.26 Å². The van der Waals surface area contributed by atoms with Gasteiger partial charge in [0.1, 0.15) is 0 Å². The van der Waals surface area contributed by atoms with Crippen LogP contribution in [-0.4, -0.2) is 54.4 Å². The number of hydrogen-bond acceptors (Lipinski definition) is 5. The van der Waals surface area contributed by atoms with Crippen LogP contribution in [0.3, 0.4) is 0 Å². The zero-order chi connectivity index (χ0) is 27.4. The Morgan fingerprint density at radius 1 is 1.05 bits per heavy atom. The van der Waals surface area contributed by atoms with Crippen molar-refractivity contribution in [2.24, 2.45) is 34.5 Å². The van der Waals surface area contributed by atoms with Gasteiger partial charge in [0, 0.05) is 31.1 Å². The Morgan fingerprint density at radius 2 is 1.85 bits per heavy atom. The number of hydrogen-bond donors (Lipinski definition) is 3. The van der Waals surface area contributed by atoms with E-state index in [-0.39, 0.29) is 28.4 Å². The van der Waals surface area contributed by atoms with Crippen molar-refractivity contribution in [3.8, 4) is 0 Å². The van der Waals surface area contributed by atoms with Crippen molar-refractivity contribution in [3.05, 3.63) is 34.4 Å². The number of amides is 2. The highest BCUT2D eigenvalue weighted by Gasteiger charge is 2.67. The fraction of sp³-hybridized carbons (Fsp3) is 0.812. The fourth-order valence-electron chi connectivity index (χ4n) is 10.3. The first-order chi connectivity index (χ1) is 18.7. The van der Waals surface area contributed by atoms with Crippen LogP contribution in [0.2, 0.25) is 0 Å². The fourth-order valence-corrected chi connectivity index (χ4v) is 10.3. The quantitative estimate of drug-likeness (QED) is 0.506. The molecule has 0 aromatic carbocycles. The predicted octanol–water partition coefficient (Wildman–Crippen LogP) is 4.89. The van der Waals surface area contributed by atoms with Gasteiger partial charge in [-0.25, -0.2) is 9.59 Å². The minimum atomic E-state index is -0.674. The van der Waals surface area contributed by atoms with E-state index in [9.17, 15) is 14.7 Å². The van der Waals surface area contributed by atoms with Crippen molar-refractivity contribution in [2.75, 3.05) is 26.7 Å². The summed E-state index contributed by atoms with van der Waals surface area (Å²) in [6.45, 7) is 7.71. The second kappa shape index (κ2) is 10.2. The molecule has 1 aliphatic heterocycles. The SMILES string of the molecule is CN(C(=O)NCC1CCNCC1)[C@H]1CC[C@@]2(C)[C@H](CC[C@@H]3[C@@H]2CC[C@]2(C)[C@@H](c4ccc(=O)oc4)CC[C@]32O)C1. The molecule has 7 nitrogen and oxygen atoms in total. The van der Waals surface area contributed by atoms with Crippen LogP contribution in [-0.2, 0) is 0 Å². The van der Waals surface area contributed by atoms with E-state index in [0.717, 1.165) is 95.8 Å². The maximum Gasteiger partial charge on any atom is 0.335 e. The standard InChI is InChI=1S/C32H49N3O4/c1-30-13-8-24(35(3)29(37)34-19-21-11-16-33-17-12-21)18-23(30)5-6-27-26(30)9-14-31(2)25(10-15-32(27,31)38)22-4-7-28(36)39-20-22/h4,7,20-21,23-27,33,38H,5-6,8-19H2,1-3H3,(H,34,37)/t23-,24+,25-,26+,27-,30+,31-,32+/m1/s1. The Bertz CT molecular complexity index is 1100. The van der Waals surface area contributed by atoms with Crippen LogP contribution in [0.5, 0.6) is 0 Å². The lowest BCUT2D eigenvalue weighted by atomic mass is 9.43. The van der Waals surface area contributed by atoms with Crippen LogP contribution < -0.4 is 16.3 Å². The number of nitrogens with one attached hydrogen (secondary N) is 2. The van der Waals surface area contributed by atoms with Gasteiger partial charge in [-0.15, -0.1) is 0 Å². The molecule has 2 amide bonds. The first kappa shape index (κ1) is 27.3. The van der Waals surface area contributed by atoms with Gasteiger partial charge in [0.05, 0.1) is 11.9 Å². The number of rotatable bonds is 4. The van der Waals surface area contributed by atoms with Gasteiger partial charge in [-0.1, -0.05) is 13.8 Å². The van der Waals surface area contributed by atoms with Crippen molar-refractivity contribution in [3.63, 3.8) is 0 Å². The third kappa shape index (κ3) is 4.46. The normalized spacial score (nSPS) is 42.2. The van der Waals surface area contributed by atoms with E-state index in [1.807, 2.05) is 18.0 Å². The Hall–Kier alpha value is -1.86. The molecule has 3 N–H and O–H groups in total. The zero-order valence-corrected chi connectivity index (χ0v) is 24.2. The van der Waals surface area contributed by atoms with E-state index < -0.39 is 5.60 Å². The van der Waals surface area contributed by atoms with Crippen LogP contribution in [0.1, 0.15) is 96.0 Å². The molecule has 4 aliphatic carbocycles. The van der Waals surface area contributed by atoms with Gasteiger partial charge in [-0.2, -0.15) is 0 Å². The number of piperidine rings is 1. The average molecular weight is 540 g/mol. The minimum absolute atomic E-state index is 0.0901. The van der Waals surface area contributed by atoms with Gasteiger partial charge in [-0.3, -0.25) is 0 Å². The molecule has 1 aromatic heterocycles. The van der Waals surface area contributed by atoms with Crippen LogP contribution in [0.25, 0.3) is 0 Å². The Morgan fingerprint density at radius 3 is 2.59 bits per heavy atom. The number of aliphatic hydroxyl groups is 1. The van der Waals surface area contributed by atoms with Gasteiger partial charge < -0.3 is 25.1 Å². The molecule has 6 rings (SSSR count). The van der Waals surface area contributed by atoms with E-state index in [4.69, 9.17) is 4.42 Å². The number of urea groups is 1. The summed E-state index contributed by atoms with van der Waals surface area (Å²) in [5, 5.41) is 19.1. The molecule has 39 heavy (non-hydrogen) atoms. The number of fused-ring (bicyclic) bond motifs is 5. The van der Waals surface area contributed by atoms with E-state index >= 15 is 0 Å². The highest BCUT2D eigenvalue weighted by atomic mass is 16.4. The summed E-state index contributed by atoms with van der Waals surface area (Å²) in [7, 11) is 2.00. The summed E-state index contributed by atoms with van der Waals surface area (Å²) in [4.78, 5) is 26.6. The molecule has 0 unspecified atom stereocenters. The largest absolute Gasteiger partial charge is 0.431 e. The first-order valence-corrected chi connectivity index (χ1v) is 15.7. The molecule has 5 fully saturated rings. The second-order valence-corrected chi connectivity index (χ2v) is 14.3. The Labute approximate surface area is 233 Å². The molecule has 0 bridgehead atoms. The molecular formula is C32H49N3O4. The number of nitrogens with zero attached hydrogens (tertiary/aromatic N) is 1. The third-order valence-electron chi connectivity index (χ3n) is 12.8. The van der Waals surface area contributed by atoms with Gasteiger partial charge in [0.15, 0.2) is 0 Å². The van der Waals surface area contributed by atoms with Gasteiger partial charge in [-0.05, 0) is 130 Å². The van der Waals surface area contributed by atoms with Crippen molar-refractivity contribution in [2.45, 2.75) is 102 Å². The van der Waals surface area contributed by atoms with Crippen LogP contribution >= 0.6 is 0 Å². The van der Waals surface area contributed by atoms with Crippen molar-refractivity contribution < 1.29 is 14.3 Å². The highest BCUT2D eigenvalue weighted by Crippen LogP contribution is 2.70. The molecule has 7 heteroatoms. The molecule has 2 heterocycles. The van der Waals surface area contributed by atoms with E-state index in [2.05, 4.69) is 24.5 Å². The lowest BCUT2D eigenvalue weighted by Gasteiger charge is -2.64. The summed E-state index contributed by atoms with van der Waals surface area (Å²) < 4.78 is 5.24. The molecule has 4 saturated carbocycles. The van der Waals surface area contributed by atoms with Crippen LogP contribution in [0, 0.1) is 34.5 Å². The first-order valence-electron chi connectivity index (χ1n) is 15.7. The van der Waals surface area contributed by atoms with Crippen LogP contribution in [0.15, 0.2) is 27.6 Å². The average Bonchev–Trinajstić information content (AvgIpc) is 3.23.